The van der Waals surface area contributed by atoms with Gasteiger partial charge >= 0.3 is 0 Å². The van der Waals surface area contributed by atoms with Gasteiger partial charge in [0.05, 0.1) is 0 Å². The summed E-state index contributed by atoms with van der Waals surface area (Å²) in [5, 5.41) is 3.58. The number of hydrogen-bond donors (Lipinski definition) is 1. The summed E-state index contributed by atoms with van der Waals surface area (Å²) in [4.78, 5) is 6.92. The van der Waals surface area contributed by atoms with Crippen molar-refractivity contribution in [1.82, 2.24) is 10.3 Å². The van der Waals surface area contributed by atoms with Crippen molar-refractivity contribution in [3.8, 4) is 0 Å². The zero-order valence-corrected chi connectivity index (χ0v) is 13.5. The lowest BCUT2D eigenvalue weighted by Crippen LogP contribution is -2.40. The number of halogens is 1. The number of nitrogens with one attached hydrogen (secondary N) is 1. The summed E-state index contributed by atoms with van der Waals surface area (Å²) in [6, 6.07) is 4.18. The first kappa shape index (κ1) is 14.8. The number of pyridine rings is 1. The molecule has 0 saturated carbocycles. The molecule has 2 rings (SSSR count). The summed E-state index contributed by atoms with van der Waals surface area (Å²) in [7, 11) is 0. The van der Waals surface area contributed by atoms with Gasteiger partial charge in [-0.05, 0) is 65.8 Å². The van der Waals surface area contributed by atoms with Crippen LogP contribution in [0.3, 0.4) is 0 Å². The first-order valence-corrected chi connectivity index (χ1v) is 8.01. The van der Waals surface area contributed by atoms with E-state index in [0.717, 1.165) is 48.3 Å². The largest absolute Gasteiger partial charge is 0.356 e. The van der Waals surface area contributed by atoms with Crippen molar-refractivity contribution in [2.75, 3.05) is 31.1 Å². The molecule has 0 radical (unpaired) electrons. The van der Waals surface area contributed by atoms with E-state index in [4.69, 9.17) is 0 Å². The summed E-state index contributed by atoms with van der Waals surface area (Å²) < 4.78 is 1.04. The van der Waals surface area contributed by atoms with Crippen LogP contribution in [0.2, 0.25) is 0 Å². The van der Waals surface area contributed by atoms with Gasteiger partial charge in [0.2, 0.25) is 0 Å². The lowest BCUT2D eigenvalue weighted by Gasteiger charge is -2.33. The van der Waals surface area contributed by atoms with E-state index < -0.39 is 0 Å². The van der Waals surface area contributed by atoms with Gasteiger partial charge < -0.3 is 10.2 Å². The Kier molecular flexibility index (Phi) is 5.64. The first-order chi connectivity index (χ1) is 9.15. The Morgan fingerprint density at radius 3 is 3.00 bits per heavy atom. The molecule has 1 aliphatic heterocycles. The normalized spacial score (nSPS) is 20.0. The second kappa shape index (κ2) is 7.25. The molecule has 2 heterocycles. The highest BCUT2D eigenvalue weighted by atomic mass is 79.9. The Bertz CT molecular complexity index is 377. The average Bonchev–Trinajstić information content (AvgIpc) is 2.39. The predicted molar refractivity (Wildman–Crippen MR) is 84.6 cm³/mol. The lowest BCUT2D eigenvalue weighted by atomic mass is 9.98. The lowest BCUT2D eigenvalue weighted by molar-refractivity contribution is 0.381. The van der Waals surface area contributed by atoms with Gasteiger partial charge in [-0.1, -0.05) is 13.8 Å². The maximum atomic E-state index is 4.50. The van der Waals surface area contributed by atoms with Crippen LogP contribution in [0.25, 0.3) is 0 Å². The van der Waals surface area contributed by atoms with Gasteiger partial charge in [-0.3, -0.25) is 0 Å². The number of hydrogen-bond acceptors (Lipinski definition) is 3. The molecular formula is C15H24BrN3. The molecule has 0 bridgehead atoms. The molecule has 0 aliphatic carbocycles. The Morgan fingerprint density at radius 2 is 2.32 bits per heavy atom. The summed E-state index contributed by atoms with van der Waals surface area (Å²) in [5.41, 5.74) is 0. The van der Waals surface area contributed by atoms with Crippen LogP contribution in [0.4, 0.5) is 5.82 Å². The van der Waals surface area contributed by atoms with E-state index in [-0.39, 0.29) is 0 Å². The van der Waals surface area contributed by atoms with Crippen LogP contribution >= 0.6 is 15.9 Å². The number of anilines is 1. The minimum atomic E-state index is 0.729. The average molecular weight is 326 g/mol. The summed E-state index contributed by atoms with van der Waals surface area (Å²) >= 11 is 3.44. The van der Waals surface area contributed by atoms with Gasteiger partial charge in [-0.15, -0.1) is 0 Å². The molecule has 1 aliphatic rings. The zero-order chi connectivity index (χ0) is 13.7. The fourth-order valence-electron chi connectivity index (χ4n) is 2.57. The summed E-state index contributed by atoms with van der Waals surface area (Å²) in [5.74, 6) is 2.59. The van der Waals surface area contributed by atoms with Crippen LogP contribution in [0.15, 0.2) is 22.8 Å². The highest BCUT2D eigenvalue weighted by Crippen LogP contribution is 2.22. The van der Waals surface area contributed by atoms with Gasteiger partial charge in [0.25, 0.3) is 0 Å². The summed E-state index contributed by atoms with van der Waals surface area (Å²) in [6.45, 7) is 9.02. The first-order valence-electron chi connectivity index (χ1n) is 7.22. The standard InChI is InChI=1S/C15H24BrN3/c1-12(2)8-17-9-13-4-3-7-19(11-13)15-6-5-14(16)10-18-15/h5-6,10,12-13,17H,3-4,7-9,11H2,1-2H3. The molecule has 1 atom stereocenters. The smallest absolute Gasteiger partial charge is 0.128 e. The minimum absolute atomic E-state index is 0.729. The molecule has 19 heavy (non-hydrogen) atoms. The molecule has 1 aromatic heterocycles. The molecule has 0 spiro atoms. The van der Waals surface area contributed by atoms with Gasteiger partial charge in [0.15, 0.2) is 0 Å². The molecule has 1 aromatic rings. The van der Waals surface area contributed by atoms with Crippen molar-refractivity contribution in [2.45, 2.75) is 26.7 Å². The second-order valence-electron chi connectivity index (χ2n) is 5.84. The maximum absolute atomic E-state index is 4.50. The van der Waals surface area contributed by atoms with Gasteiger partial charge in [0, 0.05) is 23.8 Å². The molecular weight excluding hydrogens is 302 g/mol. The molecule has 1 N–H and O–H groups in total. The van der Waals surface area contributed by atoms with E-state index in [1.54, 1.807) is 0 Å². The Morgan fingerprint density at radius 1 is 1.47 bits per heavy atom. The monoisotopic (exact) mass is 325 g/mol. The van der Waals surface area contributed by atoms with Crippen molar-refractivity contribution < 1.29 is 0 Å². The molecule has 1 saturated heterocycles. The van der Waals surface area contributed by atoms with E-state index in [1.807, 2.05) is 6.20 Å². The van der Waals surface area contributed by atoms with Crippen LogP contribution in [0.1, 0.15) is 26.7 Å². The SMILES string of the molecule is CC(C)CNCC1CCCN(c2ccc(Br)cn2)C1. The number of piperidine rings is 1. The van der Waals surface area contributed by atoms with Crippen molar-refractivity contribution in [3.05, 3.63) is 22.8 Å². The van der Waals surface area contributed by atoms with Crippen LogP contribution in [-0.2, 0) is 0 Å². The van der Waals surface area contributed by atoms with Crippen LogP contribution in [-0.4, -0.2) is 31.2 Å². The van der Waals surface area contributed by atoms with Gasteiger partial charge in [-0.25, -0.2) is 4.98 Å². The van der Waals surface area contributed by atoms with Crippen molar-refractivity contribution >= 4 is 21.7 Å². The molecule has 0 amide bonds. The van der Waals surface area contributed by atoms with Crippen LogP contribution < -0.4 is 10.2 Å². The fourth-order valence-corrected chi connectivity index (χ4v) is 2.81. The van der Waals surface area contributed by atoms with Gasteiger partial charge in [-0.2, -0.15) is 0 Å². The van der Waals surface area contributed by atoms with Crippen molar-refractivity contribution in [1.29, 1.82) is 0 Å². The fraction of sp³-hybridized carbons (Fsp3) is 0.667. The van der Waals surface area contributed by atoms with Crippen molar-refractivity contribution in [3.63, 3.8) is 0 Å². The Labute approximate surface area is 124 Å². The Balaban J connectivity index is 1.84. The van der Waals surface area contributed by atoms with E-state index in [2.05, 4.69) is 57.1 Å². The van der Waals surface area contributed by atoms with Crippen molar-refractivity contribution in [2.24, 2.45) is 11.8 Å². The number of rotatable bonds is 5. The molecule has 4 heteroatoms. The topological polar surface area (TPSA) is 28.2 Å². The number of aromatic nitrogens is 1. The highest BCUT2D eigenvalue weighted by Gasteiger charge is 2.20. The van der Waals surface area contributed by atoms with Gasteiger partial charge in [0.1, 0.15) is 5.82 Å². The summed E-state index contributed by atoms with van der Waals surface area (Å²) in [6.07, 6.45) is 4.49. The number of nitrogens with zero attached hydrogens (tertiary/aromatic N) is 2. The predicted octanol–water partition coefficient (Wildman–Crippen LogP) is 3.31. The highest BCUT2D eigenvalue weighted by molar-refractivity contribution is 9.10. The minimum Gasteiger partial charge on any atom is -0.356 e. The van der Waals surface area contributed by atoms with Crippen LogP contribution in [0, 0.1) is 11.8 Å². The molecule has 106 valence electrons. The third-order valence-electron chi connectivity index (χ3n) is 3.54. The molecule has 3 nitrogen and oxygen atoms in total. The van der Waals surface area contributed by atoms with E-state index in [0.29, 0.717) is 0 Å². The van der Waals surface area contributed by atoms with E-state index in [1.165, 1.54) is 12.8 Å². The third kappa shape index (κ3) is 4.77. The van der Waals surface area contributed by atoms with E-state index >= 15 is 0 Å². The van der Waals surface area contributed by atoms with Crippen LogP contribution in [0.5, 0.6) is 0 Å². The van der Waals surface area contributed by atoms with E-state index in [9.17, 15) is 0 Å². The molecule has 0 aromatic carbocycles. The zero-order valence-electron chi connectivity index (χ0n) is 11.9. The quantitative estimate of drug-likeness (QED) is 0.900. The third-order valence-corrected chi connectivity index (χ3v) is 4.01. The Hall–Kier alpha value is -0.610. The molecule has 1 unspecified atom stereocenters. The molecule has 1 fully saturated rings. The maximum Gasteiger partial charge on any atom is 0.128 e. The second-order valence-corrected chi connectivity index (χ2v) is 6.76.